The first-order valence-corrected chi connectivity index (χ1v) is 4.05. The molecule has 0 fully saturated rings. The van der Waals surface area contributed by atoms with Crippen molar-refractivity contribution in [2.45, 2.75) is 0 Å². The fourth-order valence-electron chi connectivity index (χ4n) is 0.984. The van der Waals surface area contributed by atoms with Gasteiger partial charge in [0.15, 0.2) is 11.9 Å². The maximum atomic E-state index is 10.5. The SMILES string of the molecule is O=Cc1c[nH]c2nc(Br)cnc12. The van der Waals surface area contributed by atoms with Crippen molar-refractivity contribution in [2.75, 3.05) is 0 Å². The Hall–Kier alpha value is -1.23. The highest BCUT2D eigenvalue weighted by molar-refractivity contribution is 9.10. The molecular formula is C7H4BrN3O. The molecule has 0 aliphatic carbocycles. The minimum atomic E-state index is 0.532. The van der Waals surface area contributed by atoms with Gasteiger partial charge in [-0.15, -0.1) is 0 Å². The lowest BCUT2D eigenvalue weighted by atomic mass is 10.3. The van der Waals surface area contributed by atoms with Crippen LogP contribution in [0.4, 0.5) is 0 Å². The number of rotatable bonds is 1. The van der Waals surface area contributed by atoms with Crippen LogP contribution in [0.3, 0.4) is 0 Å². The smallest absolute Gasteiger partial charge is 0.158 e. The molecule has 2 rings (SSSR count). The molecule has 0 aliphatic rings. The van der Waals surface area contributed by atoms with Crippen molar-refractivity contribution in [1.29, 1.82) is 0 Å². The van der Waals surface area contributed by atoms with Gasteiger partial charge in [0.05, 0.1) is 11.8 Å². The first-order chi connectivity index (χ1) is 5.81. The molecule has 0 aliphatic heterocycles. The van der Waals surface area contributed by atoms with Gasteiger partial charge in [-0.2, -0.15) is 0 Å². The summed E-state index contributed by atoms with van der Waals surface area (Å²) in [6.45, 7) is 0. The molecule has 12 heavy (non-hydrogen) atoms. The molecule has 0 radical (unpaired) electrons. The first kappa shape index (κ1) is 7.42. The zero-order valence-corrected chi connectivity index (χ0v) is 7.50. The van der Waals surface area contributed by atoms with E-state index in [2.05, 4.69) is 30.9 Å². The van der Waals surface area contributed by atoms with Crippen LogP contribution in [0.5, 0.6) is 0 Å². The molecule has 0 amide bonds. The van der Waals surface area contributed by atoms with Crippen LogP contribution in [0.15, 0.2) is 17.0 Å². The highest BCUT2D eigenvalue weighted by Crippen LogP contribution is 2.14. The number of carbonyl (C=O) groups excluding carboxylic acids is 1. The van der Waals surface area contributed by atoms with Crippen LogP contribution in [0, 0.1) is 0 Å². The molecule has 0 bridgehead atoms. The average Bonchev–Trinajstić information content (AvgIpc) is 2.46. The molecular weight excluding hydrogens is 222 g/mol. The van der Waals surface area contributed by atoms with Crippen LogP contribution < -0.4 is 0 Å². The van der Waals surface area contributed by atoms with Crippen LogP contribution >= 0.6 is 15.9 Å². The molecule has 2 heterocycles. The lowest BCUT2D eigenvalue weighted by molar-refractivity contribution is 0.112. The Morgan fingerprint density at radius 1 is 1.58 bits per heavy atom. The van der Waals surface area contributed by atoms with Gasteiger partial charge in [-0.3, -0.25) is 4.79 Å². The lowest BCUT2D eigenvalue weighted by Gasteiger charge is -1.89. The Balaban J connectivity index is 2.81. The maximum Gasteiger partial charge on any atom is 0.158 e. The van der Waals surface area contributed by atoms with Crippen molar-refractivity contribution in [1.82, 2.24) is 15.0 Å². The van der Waals surface area contributed by atoms with E-state index in [1.54, 1.807) is 12.4 Å². The molecule has 0 saturated heterocycles. The van der Waals surface area contributed by atoms with Crippen LogP contribution in [0.25, 0.3) is 11.2 Å². The van der Waals surface area contributed by atoms with Gasteiger partial charge >= 0.3 is 0 Å². The Morgan fingerprint density at radius 2 is 2.42 bits per heavy atom. The van der Waals surface area contributed by atoms with Gasteiger partial charge in [0.25, 0.3) is 0 Å². The second kappa shape index (κ2) is 2.67. The second-order valence-corrected chi connectivity index (χ2v) is 3.06. The summed E-state index contributed by atoms with van der Waals surface area (Å²) in [5.41, 5.74) is 1.75. The number of halogens is 1. The number of aldehydes is 1. The summed E-state index contributed by atoms with van der Waals surface area (Å²) >= 11 is 3.18. The molecule has 2 aromatic rings. The fourth-order valence-corrected chi connectivity index (χ4v) is 1.26. The molecule has 0 spiro atoms. The van der Waals surface area contributed by atoms with E-state index in [0.717, 1.165) is 6.29 Å². The van der Waals surface area contributed by atoms with Gasteiger partial charge in [0.2, 0.25) is 0 Å². The van der Waals surface area contributed by atoms with E-state index in [4.69, 9.17) is 0 Å². The number of hydrogen-bond acceptors (Lipinski definition) is 3. The lowest BCUT2D eigenvalue weighted by Crippen LogP contribution is -1.83. The second-order valence-electron chi connectivity index (χ2n) is 2.25. The number of H-pyrrole nitrogens is 1. The van der Waals surface area contributed by atoms with Gasteiger partial charge in [-0.25, -0.2) is 9.97 Å². The predicted molar refractivity (Wildman–Crippen MR) is 47.0 cm³/mol. The average molecular weight is 226 g/mol. The molecule has 5 heteroatoms. The Morgan fingerprint density at radius 3 is 3.17 bits per heavy atom. The van der Waals surface area contributed by atoms with Crippen molar-refractivity contribution in [3.8, 4) is 0 Å². The van der Waals surface area contributed by atoms with E-state index in [1.165, 1.54) is 0 Å². The summed E-state index contributed by atoms with van der Waals surface area (Å²) in [7, 11) is 0. The van der Waals surface area contributed by atoms with E-state index < -0.39 is 0 Å². The number of fused-ring (bicyclic) bond motifs is 1. The van der Waals surface area contributed by atoms with Crippen LogP contribution in [0.2, 0.25) is 0 Å². The van der Waals surface area contributed by atoms with Gasteiger partial charge in [0.1, 0.15) is 10.1 Å². The predicted octanol–water partition coefficient (Wildman–Crippen LogP) is 1.53. The number of aromatic amines is 1. The topological polar surface area (TPSA) is 58.6 Å². The van der Waals surface area contributed by atoms with E-state index in [9.17, 15) is 4.79 Å². The molecule has 4 nitrogen and oxygen atoms in total. The Kier molecular flexibility index (Phi) is 1.65. The van der Waals surface area contributed by atoms with Crippen molar-refractivity contribution < 1.29 is 4.79 Å². The van der Waals surface area contributed by atoms with Gasteiger partial charge in [-0.05, 0) is 15.9 Å². The molecule has 2 aromatic heterocycles. The number of carbonyl (C=O) groups is 1. The van der Waals surface area contributed by atoms with E-state index in [-0.39, 0.29) is 0 Å². The molecule has 60 valence electrons. The Labute approximate surface area is 76.2 Å². The van der Waals surface area contributed by atoms with Crippen LogP contribution in [0.1, 0.15) is 10.4 Å². The highest BCUT2D eigenvalue weighted by atomic mass is 79.9. The Bertz CT molecular complexity index is 437. The van der Waals surface area contributed by atoms with E-state index in [1.807, 2.05) is 0 Å². The number of nitrogens with zero attached hydrogens (tertiary/aromatic N) is 2. The number of nitrogens with one attached hydrogen (secondary N) is 1. The summed E-state index contributed by atoms with van der Waals surface area (Å²) < 4.78 is 0.647. The summed E-state index contributed by atoms with van der Waals surface area (Å²) in [5, 5.41) is 0. The van der Waals surface area contributed by atoms with Gasteiger partial charge in [-0.1, -0.05) is 0 Å². The van der Waals surface area contributed by atoms with Crippen molar-refractivity contribution >= 4 is 33.4 Å². The molecule has 0 unspecified atom stereocenters. The third kappa shape index (κ3) is 1.02. The standard InChI is InChI=1S/C7H4BrN3O/c8-5-2-9-6-4(3-12)1-10-7(6)11-5/h1-3H,(H,10,11). The van der Waals surface area contributed by atoms with Gasteiger partial charge in [0, 0.05) is 6.20 Å². The minimum Gasteiger partial charge on any atom is -0.344 e. The zero-order chi connectivity index (χ0) is 8.55. The molecule has 0 saturated carbocycles. The summed E-state index contributed by atoms with van der Waals surface area (Å²) in [5.74, 6) is 0. The maximum absolute atomic E-state index is 10.5. The third-order valence-electron chi connectivity index (χ3n) is 1.51. The quantitative estimate of drug-likeness (QED) is 0.750. The third-order valence-corrected chi connectivity index (χ3v) is 1.89. The summed E-state index contributed by atoms with van der Waals surface area (Å²) in [4.78, 5) is 21.4. The largest absolute Gasteiger partial charge is 0.344 e. The van der Waals surface area contributed by atoms with Crippen LogP contribution in [-0.2, 0) is 0 Å². The number of aromatic nitrogens is 3. The molecule has 0 aromatic carbocycles. The van der Waals surface area contributed by atoms with Crippen LogP contribution in [-0.4, -0.2) is 21.2 Å². The molecule has 1 N–H and O–H groups in total. The zero-order valence-electron chi connectivity index (χ0n) is 5.91. The highest BCUT2D eigenvalue weighted by Gasteiger charge is 2.04. The van der Waals surface area contributed by atoms with Crippen molar-refractivity contribution in [3.63, 3.8) is 0 Å². The summed E-state index contributed by atoms with van der Waals surface area (Å²) in [6.07, 6.45) is 3.90. The normalized spacial score (nSPS) is 10.4. The first-order valence-electron chi connectivity index (χ1n) is 3.26. The van der Waals surface area contributed by atoms with Crippen molar-refractivity contribution in [3.05, 3.63) is 22.6 Å². The minimum absolute atomic E-state index is 0.532. The van der Waals surface area contributed by atoms with E-state index in [0.29, 0.717) is 21.3 Å². The summed E-state index contributed by atoms with van der Waals surface area (Å²) in [6, 6.07) is 0. The molecule has 0 atom stereocenters. The number of hydrogen-bond donors (Lipinski definition) is 1. The monoisotopic (exact) mass is 225 g/mol. The fraction of sp³-hybridized carbons (Fsp3) is 0. The van der Waals surface area contributed by atoms with E-state index >= 15 is 0 Å². The van der Waals surface area contributed by atoms with Crippen molar-refractivity contribution in [2.24, 2.45) is 0 Å². The van der Waals surface area contributed by atoms with Gasteiger partial charge < -0.3 is 4.98 Å².